The number of nitrogens with two attached hydrogens (primary N) is 1. The molecule has 0 spiro atoms. The first-order valence-corrected chi connectivity index (χ1v) is 7.29. The lowest BCUT2D eigenvalue weighted by atomic mass is 9.75. The molecule has 0 bridgehead atoms. The van der Waals surface area contributed by atoms with Gasteiger partial charge in [0.1, 0.15) is 0 Å². The minimum atomic E-state index is -0.687. The predicted octanol–water partition coefficient (Wildman–Crippen LogP) is 1.46. The minimum absolute atomic E-state index is 0.00475. The van der Waals surface area contributed by atoms with Crippen molar-refractivity contribution in [1.82, 2.24) is 5.32 Å². The van der Waals surface area contributed by atoms with Crippen LogP contribution in [-0.4, -0.2) is 28.7 Å². The molecule has 0 aliphatic heterocycles. The minimum Gasteiger partial charge on any atom is -0.388 e. The number of hydrogen-bond acceptors (Lipinski definition) is 3. The van der Waals surface area contributed by atoms with E-state index in [4.69, 9.17) is 5.73 Å². The molecule has 0 aromatic rings. The number of hydrogen-bond donors (Lipinski definition) is 3. The molecule has 1 amide bonds. The van der Waals surface area contributed by atoms with Crippen molar-refractivity contribution in [2.24, 2.45) is 5.73 Å². The van der Waals surface area contributed by atoms with E-state index >= 15 is 0 Å². The molecule has 0 aromatic carbocycles. The van der Waals surface area contributed by atoms with Gasteiger partial charge in [-0.3, -0.25) is 4.79 Å². The fourth-order valence-electron chi connectivity index (χ4n) is 3.02. The van der Waals surface area contributed by atoms with E-state index in [1.807, 2.05) is 0 Å². The lowest BCUT2D eigenvalue weighted by Crippen LogP contribution is -2.51. The summed E-state index contributed by atoms with van der Waals surface area (Å²) in [7, 11) is 0. The van der Waals surface area contributed by atoms with E-state index in [1.165, 1.54) is 12.8 Å². The molecule has 4 N–H and O–H groups in total. The van der Waals surface area contributed by atoms with Crippen LogP contribution in [0.2, 0.25) is 0 Å². The Morgan fingerprint density at radius 1 is 1.06 bits per heavy atom. The van der Waals surface area contributed by atoms with Crippen LogP contribution in [0.15, 0.2) is 0 Å². The van der Waals surface area contributed by atoms with E-state index < -0.39 is 5.60 Å². The van der Waals surface area contributed by atoms with Crippen LogP contribution < -0.4 is 11.1 Å². The van der Waals surface area contributed by atoms with Crippen molar-refractivity contribution >= 4 is 5.91 Å². The molecule has 4 nitrogen and oxygen atoms in total. The normalized spacial score (nSPS) is 25.9. The zero-order valence-electron chi connectivity index (χ0n) is 11.2. The van der Waals surface area contributed by atoms with Crippen LogP contribution in [0.1, 0.15) is 64.2 Å². The van der Waals surface area contributed by atoms with Gasteiger partial charge in [-0.1, -0.05) is 25.7 Å². The number of amides is 1. The third-order valence-corrected chi connectivity index (χ3v) is 4.51. The summed E-state index contributed by atoms with van der Waals surface area (Å²) in [5, 5.41) is 13.3. The second-order valence-electron chi connectivity index (χ2n) is 6.31. The molecule has 0 radical (unpaired) electrons. The van der Waals surface area contributed by atoms with Crippen LogP contribution >= 0.6 is 0 Å². The molecule has 2 aliphatic rings. The van der Waals surface area contributed by atoms with Crippen molar-refractivity contribution in [3.63, 3.8) is 0 Å². The Hall–Kier alpha value is -0.610. The van der Waals surface area contributed by atoms with E-state index in [9.17, 15) is 9.90 Å². The Morgan fingerprint density at radius 2 is 1.67 bits per heavy atom. The van der Waals surface area contributed by atoms with Gasteiger partial charge in [0.25, 0.3) is 0 Å². The summed E-state index contributed by atoms with van der Waals surface area (Å²) in [6.07, 6.45) is 9.57. The maximum absolute atomic E-state index is 11.8. The Labute approximate surface area is 109 Å². The van der Waals surface area contributed by atoms with Crippen LogP contribution in [0.3, 0.4) is 0 Å². The van der Waals surface area contributed by atoms with Gasteiger partial charge in [-0.05, 0) is 32.1 Å². The lowest BCUT2D eigenvalue weighted by molar-refractivity contribution is -0.124. The highest BCUT2D eigenvalue weighted by atomic mass is 16.3. The molecule has 2 saturated carbocycles. The molecule has 0 unspecified atom stereocenters. The summed E-state index contributed by atoms with van der Waals surface area (Å²) in [4.78, 5) is 11.8. The Bertz CT molecular complexity index is 292. The summed E-state index contributed by atoms with van der Waals surface area (Å²) in [5.74, 6) is -0.00475. The van der Waals surface area contributed by atoms with Crippen molar-refractivity contribution < 1.29 is 9.90 Å². The van der Waals surface area contributed by atoms with Crippen LogP contribution in [0.4, 0.5) is 0 Å². The van der Waals surface area contributed by atoms with Crippen molar-refractivity contribution in [1.29, 1.82) is 0 Å². The first-order chi connectivity index (χ1) is 8.52. The van der Waals surface area contributed by atoms with E-state index in [1.54, 1.807) is 0 Å². The van der Waals surface area contributed by atoms with Gasteiger partial charge in [0.2, 0.25) is 5.91 Å². The van der Waals surface area contributed by atoms with E-state index in [0.717, 1.165) is 44.9 Å². The van der Waals surface area contributed by atoms with Crippen LogP contribution in [0, 0.1) is 0 Å². The maximum Gasteiger partial charge on any atom is 0.221 e. The molecule has 104 valence electrons. The zero-order valence-corrected chi connectivity index (χ0v) is 11.2. The van der Waals surface area contributed by atoms with Gasteiger partial charge in [0.15, 0.2) is 0 Å². The quantitative estimate of drug-likeness (QED) is 0.665. The number of rotatable bonds is 4. The number of nitrogens with one attached hydrogen (secondary N) is 1. The average molecular weight is 254 g/mol. The van der Waals surface area contributed by atoms with Gasteiger partial charge >= 0.3 is 0 Å². The maximum atomic E-state index is 11.8. The van der Waals surface area contributed by atoms with Crippen molar-refractivity contribution in [2.75, 3.05) is 6.54 Å². The monoisotopic (exact) mass is 254 g/mol. The van der Waals surface area contributed by atoms with Crippen LogP contribution in [-0.2, 0) is 4.79 Å². The van der Waals surface area contributed by atoms with Gasteiger partial charge in [-0.2, -0.15) is 0 Å². The standard InChI is InChI=1S/C14H26N2O2/c15-13(6-5-7-13)10-12(17)16-11-14(18)8-3-1-2-4-9-14/h18H,1-11,15H2,(H,16,17). The summed E-state index contributed by atoms with van der Waals surface area (Å²) in [6.45, 7) is 0.391. The van der Waals surface area contributed by atoms with Gasteiger partial charge in [0, 0.05) is 18.5 Å². The van der Waals surface area contributed by atoms with E-state index in [2.05, 4.69) is 5.32 Å². The molecule has 2 rings (SSSR count). The van der Waals surface area contributed by atoms with Crippen LogP contribution in [0.5, 0.6) is 0 Å². The largest absolute Gasteiger partial charge is 0.388 e. The highest BCUT2D eigenvalue weighted by Crippen LogP contribution is 2.32. The molecular formula is C14H26N2O2. The third kappa shape index (κ3) is 3.69. The molecule has 4 heteroatoms. The first-order valence-electron chi connectivity index (χ1n) is 7.29. The smallest absolute Gasteiger partial charge is 0.221 e. The predicted molar refractivity (Wildman–Crippen MR) is 71.0 cm³/mol. The fourth-order valence-corrected chi connectivity index (χ4v) is 3.02. The fraction of sp³-hybridized carbons (Fsp3) is 0.929. The topological polar surface area (TPSA) is 75.4 Å². The van der Waals surface area contributed by atoms with Gasteiger partial charge in [-0.25, -0.2) is 0 Å². The average Bonchev–Trinajstić information content (AvgIpc) is 2.50. The SMILES string of the molecule is NC1(CC(=O)NCC2(O)CCCCCC2)CCC1. The molecule has 0 aromatic heterocycles. The first kappa shape index (κ1) is 13.8. The molecule has 2 aliphatic carbocycles. The molecule has 2 fully saturated rings. The molecular weight excluding hydrogens is 228 g/mol. The molecule has 0 saturated heterocycles. The number of aliphatic hydroxyl groups is 1. The summed E-state index contributed by atoms with van der Waals surface area (Å²) in [5.41, 5.74) is 5.09. The highest BCUT2D eigenvalue weighted by Gasteiger charge is 2.35. The van der Waals surface area contributed by atoms with Crippen molar-refractivity contribution in [2.45, 2.75) is 75.3 Å². The lowest BCUT2D eigenvalue weighted by Gasteiger charge is -2.37. The van der Waals surface area contributed by atoms with Gasteiger partial charge in [-0.15, -0.1) is 0 Å². The Balaban J connectivity index is 1.74. The molecule has 18 heavy (non-hydrogen) atoms. The molecule has 0 heterocycles. The summed E-state index contributed by atoms with van der Waals surface area (Å²) in [6, 6.07) is 0. The number of carbonyl (C=O) groups is 1. The van der Waals surface area contributed by atoms with Gasteiger partial charge in [0.05, 0.1) is 5.60 Å². The Kier molecular flexibility index (Phi) is 4.28. The van der Waals surface area contributed by atoms with Crippen LogP contribution in [0.25, 0.3) is 0 Å². The third-order valence-electron chi connectivity index (χ3n) is 4.51. The van der Waals surface area contributed by atoms with Crippen molar-refractivity contribution in [3.05, 3.63) is 0 Å². The summed E-state index contributed by atoms with van der Waals surface area (Å²) < 4.78 is 0. The Morgan fingerprint density at radius 3 is 2.17 bits per heavy atom. The summed E-state index contributed by atoms with van der Waals surface area (Å²) >= 11 is 0. The second-order valence-corrected chi connectivity index (χ2v) is 6.31. The highest BCUT2D eigenvalue weighted by molar-refractivity contribution is 5.77. The van der Waals surface area contributed by atoms with Gasteiger partial charge < -0.3 is 16.2 Å². The zero-order chi connectivity index (χ0) is 13.1. The number of carbonyl (C=O) groups excluding carboxylic acids is 1. The second kappa shape index (κ2) is 5.57. The van der Waals surface area contributed by atoms with E-state index in [0.29, 0.717) is 13.0 Å². The molecule has 0 atom stereocenters. The van der Waals surface area contributed by atoms with Crippen molar-refractivity contribution in [3.8, 4) is 0 Å². The van der Waals surface area contributed by atoms with E-state index in [-0.39, 0.29) is 11.4 Å².